The lowest BCUT2D eigenvalue weighted by molar-refractivity contribution is 0.0575. The second-order valence-corrected chi connectivity index (χ2v) is 10.6. The maximum absolute atomic E-state index is 14.8. The number of halogens is 2. The molecule has 0 saturated heterocycles. The molecule has 11 nitrogen and oxygen atoms in total. The summed E-state index contributed by atoms with van der Waals surface area (Å²) in [6.07, 6.45) is 4.37. The van der Waals surface area contributed by atoms with Crippen molar-refractivity contribution in [2.24, 2.45) is 0 Å². The molecule has 2 amide bonds. The van der Waals surface area contributed by atoms with Crippen LogP contribution in [0.4, 0.5) is 20.6 Å². The van der Waals surface area contributed by atoms with Gasteiger partial charge in [0.25, 0.3) is 5.91 Å². The summed E-state index contributed by atoms with van der Waals surface area (Å²) < 4.78 is 26.3. The van der Waals surface area contributed by atoms with E-state index in [-0.39, 0.29) is 36.0 Å². The number of amides is 2. The Morgan fingerprint density at radius 3 is 2.48 bits per heavy atom. The first kappa shape index (κ1) is 30.4. The Hall–Kier alpha value is -4.58. The van der Waals surface area contributed by atoms with Crippen LogP contribution in [0.25, 0.3) is 0 Å². The molecular weight excluding hydrogens is 565 g/mol. The number of para-hydroxylation sites is 1. The first-order chi connectivity index (χ1) is 20.1. The van der Waals surface area contributed by atoms with Gasteiger partial charge in [-0.3, -0.25) is 14.7 Å². The lowest BCUT2D eigenvalue weighted by atomic mass is 10.1. The van der Waals surface area contributed by atoms with E-state index in [1.807, 2.05) is 0 Å². The molecular formula is C29H31ClFN7O4. The van der Waals surface area contributed by atoms with Gasteiger partial charge in [0.15, 0.2) is 6.33 Å². The molecule has 2 aromatic carbocycles. The van der Waals surface area contributed by atoms with E-state index < -0.39 is 23.4 Å². The maximum Gasteiger partial charge on any atom is 0.414 e. The number of carbonyl (C=O) groups excluding carboxylic acids is 2. The molecule has 4 aromatic rings. The Morgan fingerprint density at radius 1 is 1.02 bits per heavy atom. The van der Waals surface area contributed by atoms with Crippen LogP contribution in [0.5, 0.6) is 5.75 Å². The third-order valence-electron chi connectivity index (χ3n) is 5.81. The molecule has 2 aromatic heterocycles. The van der Waals surface area contributed by atoms with E-state index in [9.17, 15) is 14.0 Å². The first-order valence-electron chi connectivity index (χ1n) is 13.2. The van der Waals surface area contributed by atoms with Crippen molar-refractivity contribution in [2.75, 3.05) is 29.5 Å². The topological polar surface area (TPSA) is 116 Å². The summed E-state index contributed by atoms with van der Waals surface area (Å²) in [7, 11) is 0. The molecule has 0 bridgehead atoms. The number of anilines is 2. The van der Waals surface area contributed by atoms with Gasteiger partial charge in [0.1, 0.15) is 23.8 Å². The van der Waals surface area contributed by atoms with Crippen LogP contribution in [-0.4, -0.2) is 62.5 Å². The summed E-state index contributed by atoms with van der Waals surface area (Å²) in [5.41, 5.74) is 0.229. The number of nitrogens with zero attached hydrogens (tertiary/aromatic N) is 7. The zero-order valence-corrected chi connectivity index (χ0v) is 24.2. The van der Waals surface area contributed by atoms with Crippen molar-refractivity contribution in [3.05, 3.63) is 89.7 Å². The van der Waals surface area contributed by atoms with E-state index in [4.69, 9.17) is 21.1 Å². The number of tetrazole rings is 1. The first-order valence-corrected chi connectivity index (χ1v) is 13.6. The van der Waals surface area contributed by atoms with E-state index in [2.05, 4.69) is 20.4 Å². The van der Waals surface area contributed by atoms with Crippen molar-refractivity contribution < 1.29 is 23.5 Å². The largest absolute Gasteiger partial charge is 0.492 e. The van der Waals surface area contributed by atoms with Crippen molar-refractivity contribution in [2.45, 2.75) is 39.3 Å². The number of aromatic nitrogens is 5. The van der Waals surface area contributed by atoms with Crippen molar-refractivity contribution in [1.82, 2.24) is 25.2 Å². The molecule has 13 heteroatoms. The standard InChI is InChI=1S/C29H31ClFN7O4/c1-29(2,3)42-28(40)36(23-9-11-32-12-10-23)15-16-41-24-18-21(17-22(30)19-24)27(39)37(26-8-5-4-7-25(26)31)13-6-14-38-34-20-33-35-38/h4-5,7-12,17-20H,6,13-16H2,1-3H3. The number of hydrogen-bond donors (Lipinski definition) is 0. The minimum Gasteiger partial charge on any atom is -0.492 e. The third kappa shape index (κ3) is 8.46. The van der Waals surface area contributed by atoms with Gasteiger partial charge in [0.05, 0.1) is 24.5 Å². The van der Waals surface area contributed by atoms with Gasteiger partial charge in [0, 0.05) is 29.5 Å². The zero-order chi connectivity index (χ0) is 30.1. The second kappa shape index (κ2) is 13.9. The van der Waals surface area contributed by atoms with E-state index in [0.29, 0.717) is 24.4 Å². The van der Waals surface area contributed by atoms with E-state index in [0.717, 1.165) is 0 Å². The number of hydrogen-bond acceptors (Lipinski definition) is 8. The van der Waals surface area contributed by atoms with Gasteiger partial charge in [-0.2, -0.15) is 4.80 Å². The Morgan fingerprint density at radius 2 is 1.79 bits per heavy atom. The maximum atomic E-state index is 14.8. The van der Waals surface area contributed by atoms with Gasteiger partial charge in [-0.25, -0.2) is 9.18 Å². The highest BCUT2D eigenvalue weighted by molar-refractivity contribution is 6.31. The second-order valence-electron chi connectivity index (χ2n) is 10.2. The number of rotatable bonds is 11. The summed E-state index contributed by atoms with van der Waals surface area (Å²) in [4.78, 5) is 34.8. The van der Waals surface area contributed by atoms with Gasteiger partial charge in [0.2, 0.25) is 0 Å². The minimum atomic E-state index is -0.693. The highest BCUT2D eigenvalue weighted by Gasteiger charge is 2.24. The fourth-order valence-corrected chi connectivity index (χ4v) is 4.24. The van der Waals surface area contributed by atoms with Crippen LogP contribution in [0.15, 0.2) is 73.3 Å². The summed E-state index contributed by atoms with van der Waals surface area (Å²) in [5.74, 6) is -0.697. The monoisotopic (exact) mass is 595 g/mol. The molecule has 0 aliphatic carbocycles. The molecule has 0 spiro atoms. The Labute approximate surface area is 247 Å². The predicted molar refractivity (Wildman–Crippen MR) is 155 cm³/mol. The molecule has 42 heavy (non-hydrogen) atoms. The molecule has 220 valence electrons. The smallest absolute Gasteiger partial charge is 0.414 e. The van der Waals surface area contributed by atoms with Gasteiger partial charge in [-0.15, -0.1) is 10.2 Å². The molecule has 0 radical (unpaired) electrons. The van der Waals surface area contributed by atoms with Gasteiger partial charge in [-0.1, -0.05) is 23.7 Å². The van der Waals surface area contributed by atoms with Crippen LogP contribution < -0.4 is 14.5 Å². The molecule has 4 rings (SSSR count). The molecule has 0 fully saturated rings. The minimum absolute atomic E-state index is 0.0669. The van der Waals surface area contributed by atoms with E-state index in [1.165, 1.54) is 45.2 Å². The Kier molecular flexibility index (Phi) is 10.0. The predicted octanol–water partition coefficient (Wildman–Crippen LogP) is 5.42. The normalized spacial score (nSPS) is 11.2. The lowest BCUT2D eigenvalue weighted by Gasteiger charge is -2.27. The third-order valence-corrected chi connectivity index (χ3v) is 6.03. The van der Waals surface area contributed by atoms with Crippen LogP contribution in [-0.2, 0) is 11.3 Å². The average Bonchev–Trinajstić information content (AvgIpc) is 3.46. The van der Waals surface area contributed by atoms with Crippen LogP contribution in [0, 0.1) is 5.82 Å². The summed E-state index contributed by atoms with van der Waals surface area (Å²) in [6.45, 7) is 6.13. The summed E-state index contributed by atoms with van der Waals surface area (Å²) in [5, 5.41) is 11.7. The highest BCUT2D eigenvalue weighted by Crippen LogP contribution is 2.26. The summed E-state index contributed by atoms with van der Waals surface area (Å²) >= 11 is 6.37. The summed E-state index contributed by atoms with van der Waals surface area (Å²) in [6, 6.07) is 14.0. The van der Waals surface area contributed by atoms with Gasteiger partial charge in [-0.05, 0) is 74.9 Å². The molecule has 0 N–H and O–H groups in total. The fourth-order valence-electron chi connectivity index (χ4n) is 4.01. The lowest BCUT2D eigenvalue weighted by Crippen LogP contribution is -2.39. The van der Waals surface area contributed by atoms with Crippen LogP contribution in [0.2, 0.25) is 5.02 Å². The average molecular weight is 596 g/mol. The number of pyridine rings is 1. The SMILES string of the molecule is CC(C)(C)OC(=O)N(CCOc1cc(Cl)cc(C(=O)N(CCCn2ncnn2)c2ccccc2F)c1)c1ccncc1. The molecule has 2 heterocycles. The van der Waals surface area contributed by atoms with E-state index >= 15 is 0 Å². The van der Waals surface area contributed by atoms with Crippen molar-refractivity contribution in [3.8, 4) is 5.75 Å². The quantitative estimate of drug-likeness (QED) is 0.226. The molecule has 0 aliphatic heterocycles. The zero-order valence-electron chi connectivity index (χ0n) is 23.5. The van der Waals surface area contributed by atoms with Crippen molar-refractivity contribution in [1.29, 1.82) is 0 Å². The molecule has 0 atom stereocenters. The van der Waals surface area contributed by atoms with Gasteiger partial charge >= 0.3 is 6.09 Å². The van der Waals surface area contributed by atoms with Crippen molar-refractivity contribution >= 4 is 35.0 Å². The molecule has 0 aliphatic rings. The highest BCUT2D eigenvalue weighted by atomic mass is 35.5. The van der Waals surface area contributed by atoms with Crippen LogP contribution in [0.3, 0.4) is 0 Å². The molecule has 0 saturated carbocycles. The van der Waals surface area contributed by atoms with Gasteiger partial charge < -0.3 is 14.4 Å². The van der Waals surface area contributed by atoms with Crippen LogP contribution in [0.1, 0.15) is 37.6 Å². The van der Waals surface area contributed by atoms with E-state index in [1.54, 1.807) is 63.5 Å². The number of ether oxygens (including phenoxy) is 2. The molecule has 0 unspecified atom stereocenters. The fraction of sp³-hybridized carbons (Fsp3) is 0.310. The Balaban J connectivity index is 1.50. The number of aryl methyl sites for hydroxylation is 1. The van der Waals surface area contributed by atoms with Crippen LogP contribution >= 0.6 is 11.6 Å². The van der Waals surface area contributed by atoms with Crippen molar-refractivity contribution in [3.63, 3.8) is 0 Å². The Bertz CT molecular complexity index is 1480. The number of carbonyl (C=O) groups is 2. The number of benzene rings is 2.